The Kier molecular flexibility index (Phi) is 5.86. The Morgan fingerprint density at radius 3 is 2.62 bits per heavy atom. The van der Waals surface area contributed by atoms with E-state index in [-0.39, 0.29) is 6.10 Å². The molecule has 1 saturated carbocycles. The third kappa shape index (κ3) is 4.78. The molecule has 29 heavy (non-hydrogen) atoms. The Bertz CT molecular complexity index is 969. The summed E-state index contributed by atoms with van der Waals surface area (Å²) in [5, 5.41) is 4.54. The molecule has 6 heteroatoms. The smallest absolute Gasteiger partial charge is 0.259 e. The quantitative estimate of drug-likeness (QED) is 0.482. The summed E-state index contributed by atoms with van der Waals surface area (Å²) in [5.41, 5.74) is 2.97. The van der Waals surface area contributed by atoms with Crippen LogP contribution in [0.3, 0.4) is 0 Å². The van der Waals surface area contributed by atoms with Crippen molar-refractivity contribution in [1.29, 1.82) is 0 Å². The zero-order valence-corrected chi connectivity index (χ0v) is 17.8. The largest absolute Gasteiger partial charge is 0.474 e. The third-order valence-electron chi connectivity index (χ3n) is 5.37. The number of pyridine rings is 1. The molecule has 2 aromatic heterocycles. The number of rotatable bonds is 6. The van der Waals surface area contributed by atoms with Crippen LogP contribution in [0.2, 0.25) is 5.02 Å². The average Bonchev–Trinajstić information content (AvgIpc) is 3.33. The fourth-order valence-electron chi connectivity index (χ4n) is 3.94. The van der Waals surface area contributed by atoms with Crippen LogP contribution in [0.1, 0.15) is 45.6 Å². The summed E-state index contributed by atoms with van der Waals surface area (Å²) in [6.45, 7) is 6.20. The first-order valence-corrected chi connectivity index (χ1v) is 10.6. The monoisotopic (exact) mass is 411 g/mol. The predicted molar refractivity (Wildman–Crippen MR) is 114 cm³/mol. The van der Waals surface area contributed by atoms with Crippen LogP contribution in [0.4, 0.5) is 0 Å². The highest BCUT2D eigenvalue weighted by atomic mass is 35.5. The zero-order chi connectivity index (χ0) is 20.4. The normalized spacial score (nSPS) is 19.1. The molecule has 1 aliphatic rings. The second-order valence-electron chi connectivity index (χ2n) is 8.29. The topological polar surface area (TPSA) is 61.0 Å². The van der Waals surface area contributed by atoms with Crippen LogP contribution < -0.4 is 4.74 Å². The summed E-state index contributed by atoms with van der Waals surface area (Å²) >= 11 is 6.27. The lowest BCUT2D eigenvalue weighted by Gasteiger charge is -2.10. The van der Waals surface area contributed by atoms with Gasteiger partial charge in [-0.3, -0.25) is 0 Å². The van der Waals surface area contributed by atoms with Gasteiger partial charge in [0, 0.05) is 11.8 Å². The third-order valence-corrected chi connectivity index (χ3v) is 5.64. The van der Waals surface area contributed by atoms with Crippen molar-refractivity contribution in [2.24, 2.45) is 11.8 Å². The SMILES string of the molecule is CC(C)Oc1ncc(-c2nc(-c3ccc(C[C@H]4CC[C@@H](C)C4)cc3)no2)cc1Cl. The molecule has 0 N–H and O–H groups in total. The Morgan fingerprint density at radius 2 is 1.97 bits per heavy atom. The average molecular weight is 412 g/mol. The van der Waals surface area contributed by atoms with Gasteiger partial charge in [0.2, 0.25) is 11.7 Å². The molecule has 0 saturated heterocycles. The lowest BCUT2D eigenvalue weighted by Crippen LogP contribution is -2.07. The lowest BCUT2D eigenvalue weighted by atomic mass is 9.96. The molecule has 2 heterocycles. The van der Waals surface area contributed by atoms with E-state index in [1.807, 2.05) is 13.8 Å². The summed E-state index contributed by atoms with van der Waals surface area (Å²) in [4.78, 5) is 8.77. The van der Waals surface area contributed by atoms with Gasteiger partial charge in [-0.15, -0.1) is 0 Å². The summed E-state index contributed by atoms with van der Waals surface area (Å²) in [5.74, 6) is 3.02. The van der Waals surface area contributed by atoms with E-state index in [0.717, 1.165) is 23.8 Å². The fourth-order valence-corrected chi connectivity index (χ4v) is 4.15. The number of nitrogens with zero attached hydrogens (tertiary/aromatic N) is 3. The van der Waals surface area contributed by atoms with Crippen molar-refractivity contribution in [3.63, 3.8) is 0 Å². The van der Waals surface area contributed by atoms with Crippen LogP contribution in [-0.2, 0) is 6.42 Å². The first kappa shape index (κ1) is 19.9. The van der Waals surface area contributed by atoms with Crippen molar-refractivity contribution in [2.75, 3.05) is 0 Å². The number of halogens is 1. The highest BCUT2D eigenvalue weighted by molar-refractivity contribution is 6.32. The van der Waals surface area contributed by atoms with Gasteiger partial charge >= 0.3 is 0 Å². The molecule has 0 bridgehead atoms. The van der Waals surface area contributed by atoms with Gasteiger partial charge in [0.05, 0.1) is 11.7 Å². The van der Waals surface area contributed by atoms with Crippen LogP contribution in [0.25, 0.3) is 22.8 Å². The van der Waals surface area contributed by atoms with Gasteiger partial charge in [0.1, 0.15) is 5.02 Å². The van der Waals surface area contributed by atoms with E-state index in [4.69, 9.17) is 20.9 Å². The Labute approximate surface area is 176 Å². The summed E-state index contributed by atoms with van der Waals surface area (Å²) in [7, 11) is 0. The fraction of sp³-hybridized carbons (Fsp3) is 0.435. The molecule has 0 aliphatic heterocycles. The molecule has 152 valence electrons. The molecule has 3 aromatic rings. The number of aromatic nitrogens is 3. The molecule has 5 nitrogen and oxygen atoms in total. The van der Waals surface area contributed by atoms with Crippen LogP contribution in [0, 0.1) is 11.8 Å². The second-order valence-corrected chi connectivity index (χ2v) is 8.69. The molecule has 0 radical (unpaired) electrons. The molecule has 1 fully saturated rings. The summed E-state index contributed by atoms with van der Waals surface area (Å²) in [6.07, 6.45) is 6.82. The van der Waals surface area contributed by atoms with Crippen molar-refractivity contribution in [3.8, 4) is 28.7 Å². The van der Waals surface area contributed by atoms with E-state index >= 15 is 0 Å². The van der Waals surface area contributed by atoms with E-state index in [2.05, 4.69) is 46.3 Å². The van der Waals surface area contributed by atoms with Gasteiger partial charge in [0.15, 0.2) is 0 Å². The van der Waals surface area contributed by atoms with Crippen molar-refractivity contribution in [1.82, 2.24) is 15.1 Å². The summed E-state index contributed by atoms with van der Waals surface area (Å²) < 4.78 is 11.0. The van der Waals surface area contributed by atoms with Crippen LogP contribution in [0.15, 0.2) is 41.1 Å². The zero-order valence-electron chi connectivity index (χ0n) is 17.1. The number of ether oxygens (including phenoxy) is 1. The van der Waals surface area contributed by atoms with Gasteiger partial charge in [-0.1, -0.05) is 54.4 Å². The minimum absolute atomic E-state index is 0.000832. The van der Waals surface area contributed by atoms with Crippen LogP contribution in [0.5, 0.6) is 5.88 Å². The van der Waals surface area contributed by atoms with Gasteiger partial charge in [-0.05, 0) is 56.6 Å². The molecule has 0 spiro atoms. The van der Waals surface area contributed by atoms with Crippen LogP contribution in [-0.4, -0.2) is 21.2 Å². The maximum Gasteiger partial charge on any atom is 0.259 e. The van der Waals surface area contributed by atoms with Crippen molar-refractivity contribution < 1.29 is 9.26 Å². The van der Waals surface area contributed by atoms with Crippen molar-refractivity contribution >= 4 is 11.6 Å². The van der Waals surface area contributed by atoms with Crippen molar-refractivity contribution in [2.45, 2.75) is 52.6 Å². The minimum atomic E-state index is 0.000832. The first-order valence-electron chi connectivity index (χ1n) is 10.2. The van der Waals surface area contributed by atoms with E-state index < -0.39 is 0 Å². The van der Waals surface area contributed by atoms with E-state index in [0.29, 0.717) is 28.2 Å². The Balaban J connectivity index is 1.47. The number of benzene rings is 1. The Hall–Kier alpha value is -2.40. The van der Waals surface area contributed by atoms with E-state index in [1.54, 1.807) is 12.3 Å². The molecule has 1 aromatic carbocycles. The minimum Gasteiger partial charge on any atom is -0.474 e. The molecular weight excluding hydrogens is 386 g/mol. The van der Waals surface area contributed by atoms with Gasteiger partial charge < -0.3 is 9.26 Å². The highest BCUT2D eigenvalue weighted by Crippen LogP contribution is 2.33. The number of hydrogen-bond acceptors (Lipinski definition) is 5. The molecule has 4 rings (SSSR count). The molecule has 0 amide bonds. The second kappa shape index (κ2) is 8.54. The molecule has 2 atom stereocenters. The molecule has 1 aliphatic carbocycles. The van der Waals surface area contributed by atoms with Crippen LogP contribution >= 0.6 is 11.6 Å². The van der Waals surface area contributed by atoms with Crippen molar-refractivity contribution in [3.05, 3.63) is 47.1 Å². The van der Waals surface area contributed by atoms with Gasteiger partial charge in [-0.2, -0.15) is 4.98 Å². The predicted octanol–water partition coefficient (Wildman–Crippen LogP) is 6.22. The molecule has 0 unspecified atom stereocenters. The standard InChI is InChI=1S/C23H26ClN3O2/c1-14(2)28-23-20(24)12-19(13-25-23)22-26-21(27-29-22)18-8-6-16(7-9-18)11-17-5-4-15(3)10-17/h6-9,12-15,17H,4-5,10-11H2,1-3H3/t15-,17+/m1/s1. The first-order chi connectivity index (χ1) is 14.0. The van der Waals surface area contributed by atoms with E-state index in [1.165, 1.54) is 24.8 Å². The number of hydrogen-bond donors (Lipinski definition) is 0. The van der Waals surface area contributed by atoms with Gasteiger partial charge in [0.25, 0.3) is 5.89 Å². The lowest BCUT2D eigenvalue weighted by molar-refractivity contribution is 0.233. The summed E-state index contributed by atoms with van der Waals surface area (Å²) in [6, 6.07) is 10.2. The maximum absolute atomic E-state index is 6.27. The highest BCUT2D eigenvalue weighted by Gasteiger charge is 2.21. The maximum atomic E-state index is 6.27. The van der Waals surface area contributed by atoms with Gasteiger partial charge in [-0.25, -0.2) is 4.98 Å². The van der Waals surface area contributed by atoms with E-state index in [9.17, 15) is 0 Å². The molecular formula is C23H26ClN3O2. The Morgan fingerprint density at radius 1 is 1.17 bits per heavy atom.